The van der Waals surface area contributed by atoms with Gasteiger partial charge in [0.2, 0.25) is 10.4 Å². The van der Waals surface area contributed by atoms with E-state index in [0.717, 1.165) is 49.5 Å². The molecule has 3 rings (SSSR count). The van der Waals surface area contributed by atoms with Gasteiger partial charge < -0.3 is 19.7 Å². The number of methoxy groups -OCH3 is 1. The summed E-state index contributed by atoms with van der Waals surface area (Å²) in [4.78, 5) is 18.5. The third kappa shape index (κ3) is 6.54. The molecule has 1 aliphatic rings. The Balaban J connectivity index is 1.97. The van der Waals surface area contributed by atoms with Crippen molar-refractivity contribution >= 4 is 45.6 Å². The lowest BCUT2D eigenvalue weighted by molar-refractivity contribution is -0.140. The Labute approximate surface area is 193 Å². The van der Waals surface area contributed by atoms with Crippen molar-refractivity contribution in [1.29, 1.82) is 0 Å². The Morgan fingerprint density at radius 3 is 2.71 bits per heavy atom. The highest BCUT2D eigenvalue weighted by molar-refractivity contribution is 7.10. The highest BCUT2D eigenvalue weighted by Gasteiger charge is 2.25. The number of carbonyl (C=O) groups excluding carboxylic acids is 1. The van der Waals surface area contributed by atoms with Crippen LogP contribution < -0.4 is 10.2 Å². The van der Waals surface area contributed by atoms with Crippen molar-refractivity contribution in [3.8, 4) is 0 Å². The van der Waals surface area contributed by atoms with Crippen LogP contribution in [-0.4, -0.2) is 48.2 Å². The van der Waals surface area contributed by atoms with E-state index >= 15 is 0 Å². The Morgan fingerprint density at radius 1 is 1.35 bits per heavy atom. The Kier molecular flexibility index (Phi) is 8.51. The number of nitrogens with zero attached hydrogens (tertiary/aromatic N) is 3. The minimum atomic E-state index is -0.217. The second-order valence-electron chi connectivity index (χ2n) is 8.34. The van der Waals surface area contributed by atoms with Gasteiger partial charge in [-0.25, -0.2) is 0 Å². The fraction of sp³-hybridized carbons (Fsp3) is 0.591. The topological polar surface area (TPSA) is 76.6 Å². The predicted octanol–water partition coefficient (Wildman–Crippen LogP) is 5.24. The molecule has 0 amide bonds. The fourth-order valence-corrected chi connectivity index (χ4v) is 4.59. The van der Waals surface area contributed by atoms with Crippen LogP contribution in [0.5, 0.6) is 0 Å². The van der Waals surface area contributed by atoms with Crippen molar-refractivity contribution in [2.75, 3.05) is 37.1 Å². The Morgan fingerprint density at radius 2 is 2.10 bits per heavy atom. The number of benzene rings is 1. The predicted molar refractivity (Wildman–Crippen MR) is 126 cm³/mol. The molecule has 9 heteroatoms. The van der Waals surface area contributed by atoms with Crippen LogP contribution in [0.3, 0.4) is 0 Å². The van der Waals surface area contributed by atoms with Crippen LogP contribution in [0.2, 0.25) is 5.28 Å². The van der Waals surface area contributed by atoms with E-state index in [1.807, 2.05) is 6.92 Å². The van der Waals surface area contributed by atoms with Gasteiger partial charge in [-0.05, 0) is 54.0 Å². The number of hydrogen-bond donors (Lipinski definition) is 1. The fourth-order valence-electron chi connectivity index (χ4n) is 3.87. The lowest BCUT2D eigenvalue weighted by atomic mass is 9.95. The maximum atomic E-state index is 11.8. The zero-order valence-electron chi connectivity index (χ0n) is 18.6. The minimum Gasteiger partial charge on any atom is -0.469 e. The van der Waals surface area contributed by atoms with E-state index in [4.69, 9.17) is 21.1 Å². The number of aromatic nitrogens is 2. The van der Waals surface area contributed by atoms with Crippen molar-refractivity contribution in [3.63, 3.8) is 0 Å². The van der Waals surface area contributed by atoms with Crippen LogP contribution in [0.4, 0.5) is 16.5 Å². The quantitative estimate of drug-likeness (QED) is 0.506. The van der Waals surface area contributed by atoms with E-state index in [0.29, 0.717) is 23.5 Å². The molecule has 1 N–H and O–H groups in total. The van der Waals surface area contributed by atoms with Crippen LogP contribution in [0, 0.1) is 5.92 Å². The smallest absolute Gasteiger partial charge is 0.306 e. The second-order valence-corrected chi connectivity index (χ2v) is 9.43. The molecule has 0 bridgehead atoms. The molecule has 1 atom stereocenters. The monoisotopic (exact) mass is 466 g/mol. The van der Waals surface area contributed by atoms with Crippen LogP contribution in [0.15, 0.2) is 18.2 Å². The van der Waals surface area contributed by atoms with Gasteiger partial charge in [0.25, 0.3) is 0 Å². The lowest BCUT2D eigenvalue weighted by Crippen LogP contribution is -2.42. The molecule has 0 spiro atoms. The average molecular weight is 467 g/mol. The summed E-state index contributed by atoms with van der Waals surface area (Å²) in [7, 11) is 1.42. The summed E-state index contributed by atoms with van der Waals surface area (Å²) >= 11 is 7.17. The number of rotatable bonds is 9. The van der Waals surface area contributed by atoms with Gasteiger partial charge in [-0.3, -0.25) is 4.79 Å². The summed E-state index contributed by atoms with van der Waals surface area (Å²) in [5.74, 6) is 0.317. The molecule has 170 valence electrons. The normalized spacial score (nSPS) is 15.7. The third-order valence-corrected chi connectivity index (χ3v) is 6.34. The van der Waals surface area contributed by atoms with Crippen LogP contribution >= 0.6 is 23.1 Å². The number of anilines is 3. The van der Waals surface area contributed by atoms with Crippen molar-refractivity contribution in [2.45, 2.75) is 52.0 Å². The average Bonchev–Trinajstić information content (AvgIpc) is 3.17. The molecule has 2 aromatic rings. The highest BCUT2D eigenvalue weighted by Crippen LogP contribution is 2.36. The summed E-state index contributed by atoms with van der Waals surface area (Å²) in [6, 6.07) is 6.76. The largest absolute Gasteiger partial charge is 0.469 e. The maximum Gasteiger partial charge on any atom is 0.306 e. The van der Waals surface area contributed by atoms with Gasteiger partial charge in [0.1, 0.15) is 0 Å². The first-order valence-corrected chi connectivity index (χ1v) is 11.8. The number of carbonyl (C=O) groups is 1. The van der Waals surface area contributed by atoms with Crippen LogP contribution in [0.1, 0.15) is 51.5 Å². The summed E-state index contributed by atoms with van der Waals surface area (Å²) in [5, 5.41) is 4.29. The molecule has 31 heavy (non-hydrogen) atoms. The molecule has 2 heterocycles. The highest BCUT2D eigenvalue weighted by atomic mass is 35.5. The molecule has 1 unspecified atom stereocenters. The number of hydrogen-bond acceptors (Lipinski definition) is 8. The van der Waals surface area contributed by atoms with E-state index in [-0.39, 0.29) is 17.2 Å². The van der Waals surface area contributed by atoms with Gasteiger partial charge in [0, 0.05) is 37.3 Å². The molecule has 1 aromatic heterocycles. The maximum absolute atomic E-state index is 11.8. The number of esters is 1. The number of ether oxygens (including phenoxy) is 2. The first-order chi connectivity index (χ1) is 14.9. The van der Waals surface area contributed by atoms with E-state index < -0.39 is 0 Å². The Hall–Kier alpha value is -1.90. The van der Waals surface area contributed by atoms with E-state index in [2.05, 4.69) is 51.6 Å². The van der Waals surface area contributed by atoms with Crippen LogP contribution in [-0.2, 0) is 14.3 Å². The SMILES string of the molecule is COC(=O)CC(C)c1ccc(N(CC(C)C)C2CCOCC2)c(Nc2nc(Cl)ns2)c1. The van der Waals surface area contributed by atoms with Crippen LogP contribution in [0.25, 0.3) is 0 Å². The molecule has 0 radical (unpaired) electrons. The molecule has 1 aromatic carbocycles. The van der Waals surface area contributed by atoms with Gasteiger partial charge in [-0.1, -0.05) is 26.8 Å². The number of halogens is 1. The molecule has 1 aliphatic heterocycles. The van der Waals surface area contributed by atoms with E-state index in [1.165, 1.54) is 18.6 Å². The summed E-state index contributed by atoms with van der Waals surface area (Å²) in [6.07, 6.45) is 2.32. The molecule has 1 saturated heterocycles. The van der Waals surface area contributed by atoms with E-state index in [1.54, 1.807) is 0 Å². The van der Waals surface area contributed by atoms with Crippen molar-refractivity contribution < 1.29 is 14.3 Å². The Bertz CT molecular complexity index is 870. The molecule has 7 nitrogen and oxygen atoms in total. The first-order valence-electron chi connectivity index (χ1n) is 10.7. The minimum absolute atomic E-state index is 0.0293. The van der Waals surface area contributed by atoms with Crippen molar-refractivity contribution in [3.05, 3.63) is 29.0 Å². The molecular weight excluding hydrogens is 436 g/mol. The van der Waals surface area contributed by atoms with Gasteiger partial charge in [0.05, 0.1) is 24.9 Å². The van der Waals surface area contributed by atoms with Gasteiger partial charge in [-0.15, -0.1) is 0 Å². The zero-order chi connectivity index (χ0) is 22.4. The summed E-state index contributed by atoms with van der Waals surface area (Å²) < 4.78 is 14.5. The molecule has 0 saturated carbocycles. The van der Waals surface area contributed by atoms with Gasteiger partial charge >= 0.3 is 5.97 Å². The van der Waals surface area contributed by atoms with E-state index in [9.17, 15) is 4.79 Å². The second kappa shape index (κ2) is 11.1. The molecule has 1 fully saturated rings. The molecule has 0 aliphatic carbocycles. The summed E-state index contributed by atoms with van der Waals surface area (Å²) in [6.45, 7) is 8.99. The lowest BCUT2D eigenvalue weighted by Gasteiger charge is -2.38. The zero-order valence-corrected chi connectivity index (χ0v) is 20.1. The van der Waals surface area contributed by atoms with Crippen molar-refractivity contribution in [2.24, 2.45) is 5.92 Å². The molecular formula is C22H31ClN4O3S. The third-order valence-electron chi connectivity index (χ3n) is 5.44. The standard InChI is InChI=1S/C22H31ClN4O3S/c1-14(2)13-27(17-7-9-30-10-8-17)19-6-5-16(15(3)11-20(28)29-4)12-18(19)24-22-25-21(23)26-31-22/h5-6,12,14-15,17H,7-11,13H2,1-4H3,(H,24,25,26). The summed E-state index contributed by atoms with van der Waals surface area (Å²) in [5.41, 5.74) is 3.11. The van der Waals surface area contributed by atoms with Crippen molar-refractivity contribution in [1.82, 2.24) is 9.36 Å². The number of nitrogens with one attached hydrogen (secondary N) is 1. The van der Waals surface area contributed by atoms with Gasteiger partial charge in [-0.2, -0.15) is 9.36 Å². The van der Waals surface area contributed by atoms with Gasteiger partial charge in [0.15, 0.2) is 0 Å². The first kappa shape index (κ1) is 23.8.